The van der Waals surface area contributed by atoms with Gasteiger partial charge in [0.15, 0.2) is 0 Å². The molecule has 0 aliphatic heterocycles. The summed E-state index contributed by atoms with van der Waals surface area (Å²) in [6.45, 7) is 3.97. The van der Waals surface area contributed by atoms with Crippen LogP contribution in [-0.2, 0) is 45.4 Å². The van der Waals surface area contributed by atoms with Crippen molar-refractivity contribution in [2.24, 2.45) is 7.05 Å². The molecular weight excluding hydrogens is 323 g/mol. The second-order valence-corrected chi connectivity index (χ2v) is 4.78. The fourth-order valence-corrected chi connectivity index (χ4v) is 2.47. The third-order valence-corrected chi connectivity index (χ3v) is 3.53. The van der Waals surface area contributed by atoms with Gasteiger partial charge in [-0.3, -0.25) is 0 Å². The number of para-hydroxylation sites is 1. The third kappa shape index (κ3) is 2.48. The van der Waals surface area contributed by atoms with Crippen LogP contribution in [0.1, 0.15) is 11.3 Å². The van der Waals surface area contributed by atoms with Crippen molar-refractivity contribution in [1.82, 2.24) is 4.57 Å². The molecule has 1 N–H and O–H groups in total. The van der Waals surface area contributed by atoms with Crippen molar-refractivity contribution in [2.45, 2.75) is 5.60 Å². The number of rotatable bonds is 2. The van der Waals surface area contributed by atoms with E-state index >= 15 is 0 Å². The second kappa shape index (κ2) is 5.81. The molecule has 1 aromatic heterocycles. The summed E-state index contributed by atoms with van der Waals surface area (Å²) < 4.78 is 1.98. The van der Waals surface area contributed by atoms with Gasteiger partial charge in [-0.15, -0.1) is 0 Å². The summed E-state index contributed by atoms with van der Waals surface area (Å²) in [4.78, 5) is 0. The standard InChI is InChI=1S/C17H15NO.Y/c1-17(19,14-9-4-3-5-10-14)16-12-13-8-6-7-11-15(13)18(16)2;/h3-9,11-12,19H,1H2,2H3;/q-2;. The quantitative estimate of drug-likeness (QED) is 0.714. The van der Waals surface area contributed by atoms with Gasteiger partial charge >= 0.3 is 0 Å². The van der Waals surface area contributed by atoms with Crippen molar-refractivity contribution >= 4 is 10.9 Å². The Bertz CT molecular complexity index is 716. The Labute approximate surface area is 144 Å². The molecular formula is C17H15NOY-2. The molecule has 3 rings (SSSR count). The predicted octanol–water partition coefficient (Wildman–Crippen LogP) is 3.05. The summed E-state index contributed by atoms with van der Waals surface area (Å²) in [7, 11) is 1.94. The van der Waals surface area contributed by atoms with Crippen LogP contribution in [0.25, 0.3) is 10.9 Å². The van der Waals surface area contributed by atoms with E-state index in [1.165, 1.54) is 0 Å². The van der Waals surface area contributed by atoms with Crippen LogP contribution in [0.5, 0.6) is 0 Å². The van der Waals surface area contributed by atoms with E-state index in [2.05, 4.69) is 13.0 Å². The normalized spacial score (nSPS) is 13.8. The van der Waals surface area contributed by atoms with Crippen molar-refractivity contribution in [3.8, 4) is 0 Å². The van der Waals surface area contributed by atoms with E-state index in [9.17, 15) is 5.11 Å². The maximum Gasteiger partial charge on any atom is 0.0480 e. The van der Waals surface area contributed by atoms with Gasteiger partial charge in [0.2, 0.25) is 0 Å². The van der Waals surface area contributed by atoms with Crippen LogP contribution in [0.15, 0.2) is 54.6 Å². The molecule has 0 aliphatic carbocycles. The molecule has 0 amide bonds. The van der Waals surface area contributed by atoms with Gasteiger partial charge in [0.1, 0.15) is 0 Å². The topological polar surface area (TPSA) is 25.2 Å². The van der Waals surface area contributed by atoms with Crippen molar-refractivity contribution in [3.05, 3.63) is 78.8 Å². The van der Waals surface area contributed by atoms with E-state index in [0.717, 1.165) is 16.6 Å². The fourth-order valence-electron chi connectivity index (χ4n) is 2.47. The Morgan fingerprint density at radius 3 is 2.50 bits per heavy atom. The molecule has 1 unspecified atom stereocenters. The van der Waals surface area contributed by atoms with Crippen LogP contribution in [0, 0.1) is 13.0 Å². The van der Waals surface area contributed by atoms with E-state index in [-0.39, 0.29) is 32.7 Å². The van der Waals surface area contributed by atoms with Crippen LogP contribution in [-0.4, -0.2) is 9.67 Å². The molecule has 2 aromatic carbocycles. The van der Waals surface area contributed by atoms with E-state index in [0.29, 0.717) is 5.56 Å². The van der Waals surface area contributed by atoms with Gasteiger partial charge in [0.25, 0.3) is 0 Å². The smallest absolute Gasteiger partial charge is 0.0480 e. The van der Waals surface area contributed by atoms with Gasteiger partial charge in [0, 0.05) is 51.0 Å². The van der Waals surface area contributed by atoms with E-state index in [1.807, 2.05) is 60.1 Å². The van der Waals surface area contributed by atoms with Crippen LogP contribution in [0.2, 0.25) is 0 Å². The molecule has 0 bridgehead atoms. The number of hydrogen-bond donors (Lipinski definition) is 1. The van der Waals surface area contributed by atoms with Crippen LogP contribution < -0.4 is 0 Å². The number of aromatic nitrogens is 1. The summed E-state index contributed by atoms with van der Waals surface area (Å²) in [6.07, 6.45) is 0. The summed E-state index contributed by atoms with van der Waals surface area (Å²) >= 11 is 0. The largest absolute Gasteiger partial charge is 0.414 e. The van der Waals surface area contributed by atoms with E-state index in [1.54, 1.807) is 6.07 Å². The molecule has 0 aliphatic rings. The van der Waals surface area contributed by atoms with Crippen molar-refractivity contribution in [2.75, 3.05) is 0 Å². The van der Waals surface area contributed by atoms with Crippen LogP contribution in [0.3, 0.4) is 0 Å². The average Bonchev–Trinajstić information content (AvgIpc) is 2.78. The van der Waals surface area contributed by atoms with Crippen molar-refractivity contribution < 1.29 is 37.8 Å². The summed E-state index contributed by atoms with van der Waals surface area (Å²) in [5.41, 5.74) is 1.21. The molecule has 0 fully saturated rings. The minimum atomic E-state index is -1.30. The number of fused-ring (bicyclic) bond motifs is 1. The molecule has 20 heavy (non-hydrogen) atoms. The van der Waals surface area contributed by atoms with Gasteiger partial charge in [-0.25, -0.2) is 0 Å². The van der Waals surface area contributed by atoms with Gasteiger partial charge < -0.3 is 16.6 Å². The molecule has 1 heterocycles. The summed E-state index contributed by atoms with van der Waals surface area (Å²) in [6, 6.07) is 20.4. The first-order valence-corrected chi connectivity index (χ1v) is 6.20. The van der Waals surface area contributed by atoms with Crippen LogP contribution >= 0.6 is 0 Å². The molecule has 1 radical (unpaired) electrons. The number of hydrogen-bond acceptors (Lipinski definition) is 1. The minimum absolute atomic E-state index is 0. The van der Waals surface area contributed by atoms with E-state index in [4.69, 9.17) is 0 Å². The Morgan fingerprint density at radius 1 is 1.15 bits per heavy atom. The molecule has 3 heteroatoms. The van der Waals surface area contributed by atoms with Crippen molar-refractivity contribution in [3.63, 3.8) is 0 Å². The van der Waals surface area contributed by atoms with Gasteiger partial charge in [-0.1, -0.05) is 18.2 Å². The minimum Gasteiger partial charge on any atom is -0.414 e. The van der Waals surface area contributed by atoms with Crippen LogP contribution in [0.4, 0.5) is 0 Å². The predicted molar refractivity (Wildman–Crippen MR) is 76.6 cm³/mol. The number of nitrogens with zero attached hydrogens (tertiary/aromatic N) is 1. The molecule has 99 valence electrons. The molecule has 0 spiro atoms. The zero-order valence-corrected chi connectivity index (χ0v) is 14.2. The maximum atomic E-state index is 10.8. The Morgan fingerprint density at radius 2 is 1.85 bits per heavy atom. The zero-order chi connectivity index (χ0) is 13.5. The Hall–Kier alpha value is -0.956. The van der Waals surface area contributed by atoms with E-state index < -0.39 is 5.60 Å². The molecule has 3 aromatic rings. The first-order chi connectivity index (χ1) is 9.10. The Balaban J connectivity index is 0.00000147. The molecule has 0 saturated heterocycles. The monoisotopic (exact) mass is 338 g/mol. The second-order valence-electron chi connectivity index (χ2n) is 4.78. The number of aliphatic hydroxyl groups is 1. The summed E-state index contributed by atoms with van der Waals surface area (Å²) in [5, 5.41) is 11.9. The first kappa shape index (κ1) is 15.4. The summed E-state index contributed by atoms with van der Waals surface area (Å²) in [5.74, 6) is 0. The zero-order valence-electron chi connectivity index (χ0n) is 11.4. The third-order valence-electron chi connectivity index (χ3n) is 3.53. The molecule has 1 atom stereocenters. The van der Waals surface area contributed by atoms with Gasteiger partial charge in [0.05, 0.1) is 0 Å². The van der Waals surface area contributed by atoms with Gasteiger partial charge in [-0.2, -0.15) is 35.9 Å². The molecule has 2 nitrogen and oxygen atoms in total. The first-order valence-electron chi connectivity index (χ1n) is 6.20. The Kier molecular flexibility index (Phi) is 4.48. The number of aryl methyl sites for hydroxylation is 1. The van der Waals surface area contributed by atoms with Crippen molar-refractivity contribution in [1.29, 1.82) is 0 Å². The average molecular weight is 338 g/mol. The fraction of sp³-hybridized carbons (Fsp3) is 0.118. The molecule has 0 saturated carbocycles. The SMILES string of the molecule is [CH2-]C(O)(c1[c-]cccc1)c1cc2ccccc2n1C.[Y]. The number of benzene rings is 2. The maximum absolute atomic E-state index is 10.8. The van der Waals surface area contributed by atoms with Gasteiger partial charge in [-0.05, 0) is 23.1 Å².